The predicted molar refractivity (Wildman–Crippen MR) is 202 cm³/mol. The van der Waals surface area contributed by atoms with Gasteiger partial charge in [0.2, 0.25) is 0 Å². The maximum atomic E-state index is 13.6. The molecule has 2 amide bonds. The minimum absolute atomic E-state index is 0.168. The zero-order valence-corrected chi connectivity index (χ0v) is 28.2. The molecule has 0 unspecified atom stereocenters. The van der Waals surface area contributed by atoms with Crippen LogP contribution in [0.4, 0.5) is 0 Å². The van der Waals surface area contributed by atoms with Gasteiger partial charge in [-0.1, -0.05) is 123 Å². The number of nitrogens with one attached hydrogen (secondary N) is 2. The zero-order chi connectivity index (χ0) is 34.5. The summed E-state index contributed by atoms with van der Waals surface area (Å²) in [6, 6.07) is 43.8. The number of hydrogen-bond donors (Lipinski definition) is 2. The van der Waals surface area contributed by atoms with E-state index in [1.54, 1.807) is 0 Å². The molecule has 0 saturated heterocycles. The number of carbonyl (C=O) groups is 2. The molecule has 0 radical (unpaired) electrons. The SMILES string of the molecule is CCc1ccc(-c2cc(C(=O)NCc3cccc(CNC(=O)c4cc(-c5ccc(CC)cc5)nc5ccccc45)c3)c3ccccc3n2)cc1. The van der Waals surface area contributed by atoms with Crippen LogP contribution >= 0.6 is 0 Å². The molecule has 0 fully saturated rings. The van der Waals surface area contributed by atoms with Gasteiger partial charge in [-0.05, 0) is 59.4 Å². The summed E-state index contributed by atoms with van der Waals surface area (Å²) in [6.45, 7) is 4.94. The van der Waals surface area contributed by atoms with Crippen molar-refractivity contribution in [2.75, 3.05) is 0 Å². The molecule has 0 saturated carbocycles. The normalized spacial score (nSPS) is 11.1. The van der Waals surface area contributed by atoms with E-state index < -0.39 is 0 Å². The Morgan fingerprint density at radius 2 is 0.900 bits per heavy atom. The van der Waals surface area contributed by atoms with Crippen molar-refractivity contribution in [2.45, 2.75) is 39.8 Å². The van der Waals surface area contributed by atoms with Crippen molar-refractivity contribution >= 4 is 33.6 Å². The first-order chi connectivity index (χ1) is 24.5. The molecule has 5 aromatic carbocycles. The second kappa shape index (κ2) is 14.5. The lowest BCUT2D eigenvalue weighted by molar-refractivity contribution is 0.0945. The van der Waals surface area contributed by atoms with Crippen molar-refractivity contribution in [3.63, 3.8) is 0 Å². The Morgan fingerprint density at radius 3 is 1.32 bits per heavy atom. The molecule has 7 rings (SSSR count). The first-order valence-electron chi connectivity index (χ1n) is 17.1. The molecule has 7 aromatic rings. The molecular weight excluding hydrogens is 617 g/mol. The average Bonchev–Trinajstić information content (AvgIpc) is 3.18. The molecular formula is C44H38N4O2. The quantitative estimate of drug-likeness (QED) is 0.154. The number of pyridine rings is 2. The minimum atomic E-state index is -0.168. The number of nitrogens with zero attached hydrogens (tertiary/aromatic N) is 2. The summed E-state index contributed by atoms with van der Waals surface area (Å²) in [5.41, 5.74) is 10.6. The Hall–Kier alpha value is -6.14. The second-order valence-electron chi connectivity index (χ2n) is 12.4. The fourth-order valence-electron chi connectivity index (χ4n) is 6.25. The van der Waals surface area contributed by atoms with Crippen LogP contribution in [0.1, 0.15) is 56.8 Å². The summed E-state index contributed by atoms with van der Waals surface area (Å²) in [4.78, 5) is 37.0. The summed E-state index contributed by atoms with van der Waals surface area (Å²) >= 11 is 0. The van der Waals surface area contributed by atoms with Gasteiger partial charge in [0.25, 0.3) is 11.8 Å². The number of aromatic nitrogens is 2. The van der Waals surface area contributed by atoms with Crippen LogP contribution in [0.15, 0.2) is 133 Å². The van der Waals surface area contributed by atoms with E-state index in [-0.39, 0.29) is 11.8 Å². The molecule has 0 aliphatic carbocycles. The Bertz CT molecular complexity index is 2170. The highest BCUT2D eigenvalue weighted by atomic mass is 16.2. The van der Waals surface area contributed by atoms with E-state index in [0.29, 0.717) is 24.2 Å². The van der Waals surface area contributed by atoms with Gasteiger partial charge in [-0.15, -0.1) is 0 Å². The fourth-order valence-corrected chi connectivity index (χ4v) is 6.25. The van der Waals surface area contributed by atoms with Gasteiger partial charge in [0.15, 0.2) is 0 Å². The second-order valence-corrected chi connectivity index (χ2v) is 12.4. The first-order valence-corrected chi connectivity index (χ1v) is 17.1. The van der Waals surface area contributed by atoms with Gasteiger partial charge >= 0.3 is 0 Å². The maximum Gasteiger partial charge on any atom is 0.252 e. The number of amides is 2. The molecule has 2 N–H and O–H groups in total. The van der Waals surface area contributed by atoms with Crippen molar-refractivity contribution in [2.24, 2.45) is 0 Å². The van der Waals surface area contributed by atoms with Gasteiger partial charge in [0.1, 0.15) is 0 Å². The summed E-state index contributed by atoms with van der Waals surface area (Å²) < 4.78 is 0. The number of carbonyl (C=O) groups excluding carboxylic acids is 2. The van der Waals surface area contributed by atoms with E-state index in [0.717, 1.165) is 68.3 Å². The Labute approximate surface area is 292 Å². The topological polar surface area (TPSA) is 84.0 Å². The van der Waals surface area contributed by atoms with Crippen LogP contribution in [-0.2, 0) is 25.9 Å². The monoisotopic (exact) mass is 654 g/mol. The van der Waals surface area contributed by atoms with E-state index in [1.807, 2.05) is 84.9 Å². The molecule has 0 aliphatic rings. The highest BCUT2D eigenvalue weighted by Gasteiger charge is 2.16. The van der Waals surface area contributed by atoms with Gasteiger partial charge in [-0.3, -0.25) is 9.59 Å². The van der Waals surface area contributed by atoms with Crippen LogP contribution < -0.4 is 10.6 Å². The molecule has 246 valence electrons. The predicted octanol–water partition coefficient (Wildman–Crippen LogP) is 9.10. The third-order valence-corrected chi connectivity index (χ3v) is 9.14. The van der Waals surface area contributed by atoms with Crippen molar-refractivity contribution in [3.8, 4) is 22.5 Å². The van der Waals surface area contributed by atoms with E-state index in [2.05, 4.69) is 73.0 Å². The van der Waals surface area contributed by atoms with Gasteiger partial charge < -0.3 is 10.6 Å². The summed E-state index contributed by atoms with van der Waals surface area (Å²) in [5.74, 6) is -0.336. The fraction of sp³-hybridized carbons (Fsp3) is 0.136. The van der Waals surface area contributed by atoms with Gasteiger partial charge in [0, 0.05) is 35.0 Å². The van der Waals surface area contributed by atoms with E-state index in [1.165, 1.54) is 11.1 Å². The van der Waals surface area contributed by atoms with Gasteiger partial charge in [-0.2, -0.15) is 0 Å². The molecule has 50 heavy (non-hydrogen) atoms. The van der Waals surface area contributed by atoms with E-state index in [9.17, 15) is 9.59 Å². The summed E-state index contributed by atoms with van der Waals surface area (Å²) in [7, 11) is 0. The number of fused-ring (bicyclic) bond motifs is 2. The number of aryl methyl sites for hydroxylation is 2. The standard InChI is InChI=1S/C44H38N4O2/c1-3-29-16-20-33(21-17-29)41-25-37(35-12-5-7-14-39(35)47-41)43(49)45-27-31-10-9-11-32(24-31)28-46-44(50)38-26-42(34-22-18-30(4-2)19-23-34)48-40-15-8-6-13-36(38)40/h5-26H,3-4,27-28H2,1-2H3,(H,45,49)(H,46,50). The summed E-state index contributed by atoms with van der Waals surface area (Å²) in [5, 5.41) is 7.83. The molecule has 2 heterocycles. The van der Waals surface area contributed by atoms with Crippen molar-refractivity contribution in [3.05, 3.63) is 167 Å². The maximum absolute atomic E-state index is 13.6. The highest BCUT2D eigenvalue weighted by molar-refractivity contribution is 6.08. The molecule has 6 nitrogen and oxygen atoms in total. The van der Waals surface area contributed by atoms with Crippen molar-refractivity contribution < 1.29 is 9.59 Å². The largest absolute Gasteiger partial charge is 0.348 e. The Morgan fingerprint density at radius 1 is 0.480 bits per heavy atom. The van der Waals surface area contributed by atoms with Crippen LogP contribution in [0.5, 0.6) is 0 Å². The molecule has 0 spiro atoms. The van der Waals surface area contributed by atoms with Crippen molar-refractivity contribution in [1.82, 2.24) is 20.6 Å². The number of rotatable bonds is 10. The molecule has 6 heteroatoms. The van der Waals surface area contributed by atoms with Crippen LogP contribution in [0.25, 0.3) is 44.3 Å². The van der Waals surface area contributed by atoms with Gasteiger partial charge in [-0.25, -0.2) is 9.97 Å². The van der Waals surface area contributed by atoms with Crippen molar-refractivity contribution in [1.29, 1.82) is 0 Å². The lowest BCUT2D eigenvalue weighted by Crippen LogP contribution is -2.24. The van der Waals surface area contributed by atoms with E-state index >= 15 is 0 Å². The number of hydrogen-bond acceptors (Lipinski definition) is 4. The molecule has 2 aromatic heterocycles. The van der Waals surface area contributed by atoms with Crippen LogP contribution in [0, 0.1) is 0 Å². The molecule has 0 bridgehead atoms. The summed E-state index contributed by atoms with van der Waals surface area (Å²) in [6.07, 6.45) is 1.92. The van der Waals surface area contributed by atoms with Crippen LogP contribution in [0.2, 0.25) is 0 Å². The zero-order valence-electron chi connectivity index (χ0n) is 28.2. The number of para-hydroxylation sites is 2. The van der Waals surface area contributed by atoms with Gasteiger partial charge in [0.05, 0.1) is 33.5 Å². The molecule has 0 atom stereocenters. The van der Waals surface area contributed by atoms with Crippen LogP contribution in [-0.4, -0.2) is 21.8 Å². The number of benzene rings is 5. The average molecular weight is 655 g/mol. The molecule has 0 aliphatic heterocycles. The smallest absolute Gasteiger partial charge is 0.252 e. The third-order valence-electron chi connectivity index (χ3n) is 9.14. The highest BCUT2D eigenvalue weighted by Crippen LogP contribution is 2.27. The lowest BCUT2D eigenvalue weighted by atomic mass is 10.0. The Balaban J connectivity index is 1.06. The first kappa shape index (κ1) is 32.4. The third kappa shape index (κ3) is 7.01. The van der Waals surface area contributed by atoms with Crippen LogP contribution in [0.3, 0.4) is 0 Å². The lowest BCUT2D eigenvalue weighted by Gasteiger charge is -2.13. The minimum Gasteiger partial charge on any atom is -0.348 e. The van der Waals surface area contributed by atoms with E-state index in [4.69, 9.17) is 9.97 Å². The Kier molecular flexibility index (Phi) is 9.43.